The molecule has 3 heteroatoms. The lowest BCUT2D eigenvalue weighted by atomic mass is 10.1. The standard InChI is InChI=1S/C11H12FNO/c1-8(2)14-7-10-5-3-4-9(6-13)11(10)12/h3-5,8H,7H2,1-2H3. The average molecular weight is 193 g/mol. The van der Waals surface area contributed by atoms with Gasteiger partial charge in [-0.25, -0.2) is 4.39 Å². The number of benzene rings is 1. The van der Waals surface area contributed by atoms with Crippen molar-refractivity contribution >= 4 is 0 Å². The second-order valence-electron chi connectivity index (χ2n) is 3.25. The maximum absolute atomic E-state index is 13.4. The highest BCUT2D eigenvalue weighted by atomic mass is 19.1. The molecule has 0 fully saturated rings. The van der Waals surface area contributed by atoms with E-state index >= 15 is 0 Å². The Hall–Kier alpha value is -1.40. The van der Waals surface area contributed by atoms with E-state index in [0.29, 0.717) is 5.56 Å². The van der Waals surface area contributed by atoms with E-state index in [9.17, 15) is 4.39 Å². The van der Waals surface area contributed by atoms with Gasteiger partial charge in [0.2, 0.25) is 0 Å². The first-order chi connectivity index (χ1) is 6.65. The van der Waals surface area contributed by atoms with E-state index in [1.165, 1.54) is 6.07 Å². The number of nitrogens with zero attached hydrogens (tertiary/aromatic N) is 1. The van der Waals surface area contributed by atoms with Gasteiger partial charge in [0.1, 0.15) is 11.9 Å². The first-order valence-electron chi connectivity index (χ1n) is 4.44. The Balaban J connectivity index is 2.83. The Labute approximate surface area is 82.9 Å². The Morgan fingerprint density at radius 3 is 2.79 bits per heavy atom. The molecule has 0 bridgehead atoms. The number of hydrogen-bond donors (Lipinski definition) is 0. The van der Waals surface area contributed by atoms with Crippen molar-refractivity contribution in [2.75, 3.05) is 0 Å². The molecule has 0 atom stereocenters. The van der Waals surface area contributed by atoms with Crippen LogP contribution in [0.1, 0.15) is 25.0 Å². The molecule has 74 valence electrons. The topological polar surface area (TPSA) is 33.0 Å². The third-order valence-corrected chi connectivity index (χ3v) is 1.77. The highest BCUT2D eigenvalue weighted by molar-refractivity contribution is 5.34. The van der Waals surface area contributed by atoms with Gasteiger partial charge in [-0.05, 0) is 19.9 Å². The minimum atomic E-state index is -0.476. The van der Waals surface area contributed by atoms with Crippen LogP contribution >= 0.6 is 0 Å². The molecule has 0 radical (unpaired) electrons. The molecule has 0 aliphatic rings. The summed E-state index contributed by atoms with van der Waals surface area (Å²) in [7, 11) is 0. The zero-order valence-electron chi connectivity index (χ0n) is 8.25. The van der Waals surface area contributed by atoms with Crippen LogP contribution in [0, 0.1) is 17.1 Å². The molecule has 0 aliphatic carbocycles. The number of nitriles is 1. The minimum absolute atomic E-state index is 0.0557. The normalized spacial score (nSPS) is 10.2. The molecular formula is C11H12FNO. The van der Waals surface area contributed by atoms with Crippen LogP contribution in [0.15, 0.2) is 18.2 Å². The molecule has 0 N–H and O–H groups in total. The number of ether oxygens (including phenoxy) is 1. The lowest BCUT2D eigenvalue weighted by molar-refractivity contribution is 0.0639. The van der Waals surface area contributed by atoms with E-state index in [1.807, 2.05) is 13.8 Å². The molecule has 0 unspecified atom stereocenters. The van der Waals surface area contributed by atoms with Crippen LogP contribution < -0.4 is 0 Å². The average Bonchev–Trinajstić information content (AvgIpc) is 2.16. The smallest absolute Gasteiger partial charge is 0.146 e. The second kappa shape index (κ2) is 4.73. The van der Waals surface area contributed by atoms with E-state index in [2.05, 4.69) is 0 Å². The summed E-state index contributed by atoms with van der Waals surface area (Å²) >= 11 is 0. The Morgan fingerprint density at radius 2 is 2.21 bits per heavy atom. The number of rotatable bonds is 3. The molecule has 0 spiro atoms. The molecule has 0 aromatic heterocycles. The molecule has 2 nitrogen and oxygen atoms in total. The van der Waals surface area contributed by atoms with Gasteiger partial charge in [-0.3, -0.25) is 0 Å². The van der Waals surface area contributed by atoms with Crippen molar-refractivity contribution in [2.24, 2.45) is 0 Å². The highest BCUT2D eigenvalue weighted by Gasteiger charge is 2.07. The Kier molecular flexibility index (Phi) is 3.61. The summed E-state index contributed by atoms with van der Waals surface area (Å²) in [5, 5.41) is 8.59. The van der Waals surface area contributed by atoms with E-state index in [1.54, 1.807) is 18.2 Å². The molecular weight excluding hydrogens is 181 g/mol. The quantitative estimate of drug-likeness (QED) is 0.739. The highest BCUT2D eigenvalue weighted by Crippen LogP contribution is 2.13. The van der Waals surface area contributed by atoms with Gasteiger partial charge in [0.25, 0.3) is 0 Å². The van der Waals surface area contributed by atoms with Crippen LogP contribution in [0.2, 0.25) is 0 Å². The van der Waals surface area contributed by atoms with Crippen LogP contribution in [-0.2, 0) is 11.3 Å². The largest absolute Gasteiger partial charge is 0.374 e. The molecule has 0 saturated carbocycles. The van der Waals surface area contributed by atoms with Gasteiger partial charge >= 0.3 is 0 Å². The van der Waals surface area contributed by atoms with Crippen LogP contribution in [0.5, 0.6) is 0 Å². The lowest BCUT2D eigenvalue weighted by Crippen LogP contribution is -2.04. The van der Waals surface area contributed by atoms with Crippen molar-refractivity contribution in [2.45, 2.75) is 26.6 Å². The Bertz CT molecular complexity index is 355. The van der Waals surface area contributed by atoms with Crippen LogP contribution in [0.3, 0.4) is 0 Å². The van der Waals surface area contributed by atoms with Crippen LogP contribution in [-0.4, -0.2) is 6.10 Å². The monoisotopic (exact) mass is 193 g/mol. The Morgan fingerprint density at radius 1 is 1.50 bits per heavy atom. The SMILES string of the molecule is CC(C)OCc1cccc(C#N)c1F. The van der Waals surface area contributed by atoms with Gasteiger partial charge in [-0.1, -0.05) is 12.1 Å². The zero-order chi connectivity index (χ0) is 10.6. The second-order valence-corrected chi connectivity index (χ2v) is 3.25. The van der Waals surface area contributed by atoms with Crippen molar-refractivity contribution in [3.63, 3.8) is 0 Å². The molecule has 1 aromatic rings. The van der Waals surface area contributed by atoms with Gasteiger partial charge in [0, 0.05) is 5.56 Å². The molecule has 0 amide bonds. The molecule has 0 heterocycles. The fourth-order valence-corrected chi connectivity index (χ4v) is 1.03. The van der Waals surface area contributed by atoms with Crippen molar-refractivity contribution < 1.29 is 9.13 Å². The van der Waals surface area contributed by atoms with Crippen molar-refractivity contribution in [3.8, 4) is 6.07 Å². The molecule has 1 aromatic carbocycles. The van der Waals surface area contributed by atoms with Crippen molar-refractivity contribution in [1.82, 2.24) is 0 Å². The number of halogens is 1. The summed E-state index contributed by atoms with van der Waals surface area (Å²) in [6, 6.07) is 6.52. The predicted octanol–water partition coefficient (Wildman–Crippen LogP) is 2.62. The van der Waals surface area contributed by atoms with Gasteiger partial charge < -0.3 is 4.74 Å². The third kappa shape index (κ3) is 2.54. The van der Waals surface area contributed by atoms with E-state index in [0.717, 1.165) is 0 Å². The summed E-state index contributed by atoms with van der Waals surface area (Å²) in [6.07, 6.45) is 0.0557. The fraction of sp³-hybridized carbons (Fsp3) is 0.364. The van der Waals surface area contributed by atoms with Crippen molar-refractivity contribution in [1.29, 1.82) is 5.26 Å². The molecule has 0 aliphatic heterocycles. The van der Waals surface area contributed by atoms with Crippen LogP contribution in [0.4, 0.5) is 4.39 Å². The summed E-state index contributed by atoms with van der Waals surface area (Å²) in [5.41, 5.74) is 0.493. The first kappa shape index (κ1) is 10.7. The van der Waals surface area contributed by atoms with E-state index in [4.69, 9.17) is 10.00 Å². The maximum atomic E-state index is 13.4. The minimum Gasteiger partial charge on any atom is -0.374 e. The summed E-state index contributed by atoms with van der Waals surface area (Å²) in [6.45, 7) is 3.97. The fourth-order valence-electron chi connectivity index (χ4n) is 1.03. The summed E-state index contributed by atoms with van der Waals surface area (Å²) in [5.74, 6) is -0.476. The van der Waals surface area contributed by atoms with Gasteiger partial charge in [-0.15, -0.1) is 0 Å². The van der Waals surface area contributed by atoms with Crippen molar-refractivity contribution in [3.05, 3.63) is 35.1 Å². The van der Waals surface area contributed by atoms with Crippen LogP contribution in [0.25, 0.3) is 0 Å². The predicted molar refractivity (Wildman–Crippen MR) is 51.0 cm³/mol. The van der Waals surface area contributed by atoms with Gasteiger partial charge in [0.15, 0.2) is 0 Å². The van der Waals surface area contributed by atoms with Gasteiger partial charge in [0.05, 0.1) is 18.3 Å². The lowest BCUT2D eigenvalue weighted by Gasteiger charge is -2.08. The van der Waals surface area contributed by atoms with Gasteiger partial charge in [-0.2, -0.15) is 5.26 Å². The third-order valence-electron chi connectivity index (χ3n) is 1.77. The van der Waals surface area contributed by atoms with E-state index in [-0.39, 0.29) is 18.3 Å². The maximum Gasteiger partial charge on any atom is 0.146 e. The first-order valence-corrected chi connectivity index (χ1v) is 4.44. The summed E-state index contributed by atoms with van der Waals surface area (Å²) in [4.78, 5) is 0. The van der Waals surface area contributed by atoms with E-state index < -0.39 is 5.82 Å². The number of hydrogen-bond acceptors (Lipinski definition) is 2. The zero-order valence-corrected chi connectivity index (χ0v) is 8.25. The summed E-state index contributed by atoms with van der Waals surface area (Å²) < 4.78 is 18.7. The molecule has 1 rings (SSSR count). The molecule has 14 heavy (non-hydrogen) atoms. The molecule has 0 saturated heterocycles.